The zero-order chi connectivity index (χ0) is 53.3. The first-order valence-electron chi connectivity index (χ1n) is 29.6. The number of carboxylic acids is 1. The quantitative estimate of drug-likeness (QED) is 0.0228. The highest BCUT2D eigenvalue weighted by atomic mass is 16.7. The Morgan fingerprint density at radius 3 is 1.33 bits per heavy atom. The van der Waals surface area contributed by atoms with Gasteiger partial charge in [-0.25, -0.2) is 4.79 Å². The molecular formula is C61H106O12. The highest BCUT2D eigenvalue weighted by molar-refractivity contribution is 5.74. The Balaban J connectivity index is 2.71. The second kappa shape index (κ2) is 49.6. The number of hydrogen-bond acceptors (Lipinski definition) is 11. The number of allylic oxidation sites excluding steroid dienone is 8. The minimum absolute atomic E-state index is 0.0614. The van der Waals surface area contributed by atoms with Gasteiger partial charge in [0.05, 0.1) is 6.61 Å². The molecule has 0 aromatic heterocycles. The lowest BCUT2D eigenvalue weighted by Gasteiger charge is -2.40. The summed E-state index contributed by atoms with van der Waals surface area (Å²) in [4.78, 5) is 51.1. The summed E-state index contributed by atoms with van der Waals surface area (Å²) >= 11 is 0. The number of carboxylic acid groups (broad SMARTS) is 1. The molecule has 0 aliphatic carbocycles. The van der Waals surface area contributed by atoms with E-state index in [1.807, 2.05) is 0 Å². The van der Waals surface area contributed by atoms with E-state index in [-0.39, 0.29) is 25.9 Å². The Morgan fingerprint density at radius 2 is 0.863 bits per heavy atom. The minimum atomic E-state index is -1.90. The molecule has 1 aliphatic heterocycles. The summed E-state index contributed by atoms with van der Waals surface area (Å²) in [6.45, 7) is 5.86. The second-order valence-electron chi connectivity index (χ2n) is 20.3. The number of rotatable bonds is 50. The van der Waals surface area contributed by atoms with Crippen molar-refractivity contribution in [2.24, 2.45) is 0 Å². The molecule has 0 spiro atoms. The number of ether oxygens (including phenoxy) is 5. The van der Waals surface area contributed by atoms with E-state index in [2.05, 4.69) is 69.4 Å². The van der Waals surface area contributed by atoms with Crippen LogP contribution in [0.1, 0.15) is 265 Å². The van der Waals surface area contributed by atoms with Crippen molar-refractivity contribution >= 4 is 23.9 Å². The number of carbonyl (C=O) groups is 4. The van der Waals surface area contributed by atoms with Crippen LogP contribution in [0.2, 0.25) is 0 Å². The molecule has 1 aliphatic rings. The number of aliphatic carboxylic acids is 1. The van der Waals surface area contributed by atoms with Gasteiger partial charge >= 0.3 is 23.9 Å². The second-order valence-corrected chi connectivity index (χ2v) is 20.3. The van der Waals surface area contributed by atoms with Gasteiger partial charge in [0.15, 0.2) is 24.6 Å². The first-order valence-corrected chi connectivity index (χ1v) is 29.6. The van der Waals surface area contributed by atoms with Crippen molar-refractivity contribution < 1.29 is 58.2 Å². The standard InChI is InChI=1S/C61H106O12/c1-4-7-10-13-16-19-22-25-27-30-32-35-38-41-44-47-53(62)69-50-52(71-54(63)48-45-42-39-36-34-31-28-26-23-20-17-14-11-8-5-2)51-70-61-59(57(66)56(65)58(73-61)60(67)68)72-55(64)49-46-43-40-37-33-29-24-21-18-15-12-9-6-3/h7,10,16,19,25-28,52,56-59,61,65-66H,4-6,8-9,11-15,17-18,20-24,29-51H2,1-3H3,(H,67,68)/b10-7-,19-16-,27-25-,28-26-. The SMILES string of the molecule is CC/C=C\C/C=C\C/C=C\CCCCCCCC(=O)OCC(COC1OC(C(=O)O)C(O)C(O)C1OC(=O)CCCCCCCCCCCCCCC)OC(=O)CCCCCCC/C=C\CCCCCCCC. The van der Waals surface area contributed by atoms with Gasteiger partial charge in [0, 0.05) is 19.3 Å². The number of carbonyl (C=O) groups excluding carboxylic acids is 3. The summed E-state index contributed by atoms with van der Waals surface area (Å²) in [6.07, 6.45) is 46.5. The number of hydrogen-bond donors (Lipinski definition) is 3. The van der Waals surface area contributed by atoms with E-state index in [4.69, 9.17) is 23.7 Å². The lowest BCUT2D eigenvalue weighted by atomic mass is 9.98. The topological polar surface area (TPSA) is 175 Å². The van der Waals surface area contributed by atoms with Crippen LogP contribution in [0.15, 0.2) is 48.6 Å². The zero-order valence-corrected chi connectivity index (χ0v) is 46.4. The lowest BCUT2D eigenvalue weighted by Crippen LogP contribution is -2.61. The van der Waals surface area contributed by atoms with Gasteiger partial charge in [-0.15, -0.1) is 0 Å². The molecule has 0 radical (unpaired) electrons. The fraction of sp³-hybridized carbons (Fsp3) is 0.803. The Labute approximate surface area is 443 Å². The van der Waals surface area contributed by atoms with Crippen LogP contribution in [0.5, 0.6) is 0 Å². The number of unbranched alkanes of at least 4 members (excludes halogenated alkanes) is 28. The molecule has 1 saturated heterocycles. The van der Waals surface area contributed by atoms with E-state index in [9.17, 15) is 34.5 Å². The Morgan fingerprint density at radius 1 is 0.466 bits per heavy atom. The molecule has 1 fully saturated rings. The van der Waals surface area contributed by atoms with E-state index < -0.39 is 67.3 Å². The number of esters is 3. The minimum Gasteiger partial charge on any atom is -0.479 e. The summed E-state index contributed by atoms with van der Waals surface area (Å²) in [5.74, 6) is -3.13. The Bertz CT molecular complexity index is 1460. The molecule has 3 N–H and O–H groups in total. The molecule has 0 aromatic rings. The third kappa shape index (κ3) is 39.7. The molecule has 0 amide bonds. The maximum atomic E-state index is 13.1. The highest BCUT2D eigenvalue weighted by Gasteiger charge is 2.50. The van der Waals surface area contributed by atoms with Crippen LogP contribution in [-0.4, -0.2) is 89.2 Å². The van der Waals surface area contributed by atoms with Gasteiger partial charge in [-0.3, -0.25) is 14.4 Å². The summed E-state index contributed by atoms with van der Waals surface area (Å²) in [5.41, 5.74) is 0. The molecule has 12 nitrogen and oxygen atoms in total. The first-order chi connectivity index (χ1) is 35.6. The number of aliphatic hydroxyl groups is 2. The summed E-state index contributed by atoms with van der Waals surface area (Å²) in [6, 6.07) is 0. The van der Waals surface area contributed by atoms with Crippen LogP contribution in [0.4, 0.5) is 0 Å². The average Bonchev–Trinajstić information content (AvgIpc) is 3.37. The van der Waals surface area contributed by atoms with Crippen molar-refractivity contribution in [3.63, 3.8) is 0 Å². The summed E-state index contributed by atoms with van der Waals surface area (Å²) in [7, 11) is 0. The van der Waals surface area contributed by atoms with Gasteiger partial charge in [-0.1, -0.05) is 217 Å². The fourth-order valence-corrected chi connectivity index (χ4v) is 8.85. The molecule has 1 rings (SSSR count). The molecule has 6 atom stereocenters. The van der Waals surface area contributed by atoms with Crippen molar-refractivity contribution in [3.8, 4) is 0 Å². The highest BCUT2D eigenvalue weighted by Crippen LogP contribution is 2.26. The molecule has 12 heteroatoms. The van der Waals surface area contributed by atoms with Gasteiger partial charge < -0.3 is 39.0 Å². The van der Waals surface area contributed by atoms with E-state index in [1.165, 1.54) is 89.9 Å². The first kappa shape index (κ1) is 67.7. The van der Waals surface area contributed by atoms with E-state index in [0.717, 1.165) is 116 Å². The Kier molecular flexibility index (Phi) is 45.9. The summed E-state index contributed by atoms with van der Waals surface area (Å²) < 4.78 is 28.4. The average molecular weight is 1030 g/mol. The fourth-order valence-electron chi connectivity index (χ4n) is 8.85. The Hall–Kier alpha value is -3.32. The molecule has 73 heavy (non-hydrogen) atoms. The van der Waals surface area contributed by atoms with Crippen LogP contribution in [0.25, 0.3) is 0 Å². The van der Waals surface area contributed by atoms with Crippen LogP contribution < -0.4 is 0 Å². The van der Waals surface area contributed by atoms with E-state index in [1.54, 1.807) is 0 Å². The maximum Gasteiger partial charge on any atom is 0.335 e. The molecule has 0 aromatic carbocycles. The number of aliphatic hydroxyl groups excluding tert-OH is 2. The van der Waals surface area contributed by atoms with Crippen molar-refractivity contribution in [1.82, 2.24) is 0 Å². The predicted octanol–water partition coefficient (Wildman–Crippen LogP) is 15.0. The van der Waals surface area contributed by atoms with E-state index in [0.29, 0.717) is 19.3 Å². The van der Waals surface area contributed by atoms with Gasteiger partial charge in [0.1, 0.15) is 18.8 Å². The molecule has 6 unspecified atom stereocenters. The van der Waals surface area contributed by atoms with Gasteiger partial charge in [0.25, 0.3) is 0 Å². The molecule has 422 valence electrons. The largest absolute Gasteiger partial charge is 0.479 e. The summed E-state index contributed by atoms with van der Waals surface area (Å²) in [5, 5.41) is 31.5. The zero-order valence-electron chi connectivity index (χ0n) is 46.4. The van der Waals surface area contributed by atoms with Crippen molar-refractivity contribution in [3.05, 3.63) is 48.6 Å². The van der Waals surface area contributed by atoms with Crippen molar-refractivity contribution in [2.75, 3.05) is 13.2 Å². The third-order valence-electron chi connectivity index (χ3n) is 13.4. The lowest BCUT2D eigenvalue weighted by molar-refractivity contribution is -0.301. The van der Waals surface area contributed by atoms with Crippen LogP contribution in [0.3, 0.4) is 0 Å². The van der Waals surface area contributed by atoms with Crippen LogP contribution in [0, 0.1) is 0 Å². The van der Waals surface area contributed by atoms with Crippen molar-refractivity contribution in [1.29, 1.82) is 0 Å². The molecular weight excluding hydrogens is 925 g/mol. The normalized spacial score (nSPS) is 18.6. The predicted molar refractivity (Wildman–Crippen MR) is 294 cm³/mol. The van der Waals surface area contributed by atoms with Gasteiger partial charge in [-0.2, -0.15) is 0 Å². The van der Waals surface area contributed by atoms with Crippen molar-refractivity contribution in [2.45, 2.75) is 302 Å². The van der Waals surface area contributed by atoms with Crippen LogP contribution in [-0.2, 0) is 42.9 Å². The van der Waals surface area contributed by atoms with Gasteiger partial charge in [-0.05, 0) is 77.0 Å². The van der Waals surface area contributed by atoms with Crippen LogP contribution >= 0.6 is 0 Å². The maximum absolute atomic E-state index is 13.1. The smallest absolute Gasteiger partial charge is 0.335 e. The molecule has 0 saturated carbocycles. The van der Waals surface area contributed by atoms with Gasteiger partial charge in [0.2, 0.25) is 0 Å². The molecule has 1 heterocycles. The third-order valence-corrected chi connectivity index (χ3v) is 13.4. The van der Waals surface area contributed by atoms with E-state index >= 15 is 0 Å². The monoisotopic (exact) mass is 1030 g/mol. The molecule has 0 bridgehead atoms.